The van der Waals surface area contributed by atoms with E-state index in [2.05, 4.69) is 23.6 Å². The quantitative estimate of drug-likeness (QED) is 0.717. The Labute approximate surface area is 104 Å². The first-order chi connectivity index (χ1) is 8.27. The van der Waals surface area contributed by atoms with E-state index in [4.69, 9.17) is 5.26 Å². The molecule has 0 aliphatic carbocycles. The molecule has 0 radical (unpaired) electrons. The standard InChI is InChI=1S/C14H22N2O/c1-13(6-4-9-15)7-5-11-16-10-3-2-8-14(16)12-17/h5,7,14,17H,1-4,6,8,10-12H2/b7-5-/t14-/m0/s1. The molecule has 1 atom stereocenters. The van der Waals surface area contributed by atoms with E-state index in [-0.39, 0.29) is 6.61 Å². The average molecular weight is 234 g/mol. The van der Waals surface area contributed by atoms with Gasteiger partial charge < -0.3 is 5.11 Å². The predicted molar refractivity (Wildman–Crippen MR) is 69.4 cm³/mol. The molecule has 1 saturated heterocycles. The van der Waals surface area contributed by atoms with Crippen LogP contribution in [0.4, 0.5) is 0 Å². The third-order valence-electron chi connectivity index (χ3n) is 3.21. The number of rotatable bonds is 6. The minimum atomic E-state index is 0.253. The molecule has 1 N–H and O–H groups in total. The lowest BCUT2D eigenvalue weighted by Gasteiger charge is -2.33. The maximum Gasteiger partial charge on any atom is 0.0625 e. The molecular formula is C14H22N2O. The number of hydrogen-bond donors (Lipinski definition) is 1. The highest BCUT2D eigenvalue weighted by atomic mass is 16.3. The van der Waals surface area contributed by atoms with Crippen molar-refractivity contribution in [1.82, 2.24) is 4.90 Å². The van der Waals surface area contributed by atoms with Gasteiger partial charge in [-0.25, -0.2) is 0 Å². The topological polar surface area (TPSA) is 47.3 Å². The molecule has 17 heavy (non-hydrogen) atoms. The maximum atomic E-state index is 9.27. The molecule has 1 aliphatic rings. The number of aliphatic hydroxyl groups is 1. The normalized spacial score (nSPS) is 21.5. The number of aliphatic hydroxyl groups excluding tert-OH is 1. The van der Waals surface area contributed by atoms with Gasteiger partial charge in [0, 0.05) is 19.0 Å². The fourth-order valence-electron chi connectivity index (χ4n) is 2.16. The average Bonchev–Trinajstić information content (AvgIpc) is 2.37. The molecule has 0 unspecified atom stereocenters. The number of nitriles is 1. The van der Waals surface area contributed by atoms with Crippen molar-refractivity contribution >= 4 is 0 Å². The minimum absolute atomic E-state index is 0.253. The van der Waals surface area contributed by atoms with Crippen LogP contribution >= 0.6 is 0 Å². The monoisotopic (exact) mass is 234 g/mol. The first-order valence-corrected chi connectivity index (χ1v) is 6.34. The Morgan fingerprint density at radius 2 is 2.35 bits per heavy atom. The lowest BCUT2D eigenvalue weighted by Crippen LogP contribution is -2.41. The van der Waals surface area contributed by atoms with Gasteiger partial charge in [0.05, 0.1) is 12.7 Å². The zero-order chi connectivity index (χ0) is 12.5. The molecule has 0 aromatic carbocycles. The zero-order valence-electron chi connectivity index (χ0n) is 10.4. The van der Waals surface area contributed by atoms with Crippen molar-refractivity contribution in [2.45, 2.75) is 38.1 Å². The molecule has 94 valence electrons. The molecule has 0 bridgehead atoms. The smallest absolute Gasteiger partial charge is 0.0625 e. The van der Waals surface area contributed by atoms with Crippen LogP contribution in [0.15, 0.2) is 24.3 Å². The van der Waals surface area contributed by atoms with Crippen molar-refractivity contribution in [2.75, 3.05) is 19.7 Å². The Hall–Kier alpha value is -1.11. The molecule has 0 spiro atoms. The van der Waals surface area contributed by atoms with Crippen LogP contribution in [0.3, 0.4) is 0 Å². The Balaban J connectivity index is 2.30. The minimum Gasteiger partial charge on any atom is -0.395 e. The Bertz CT molecular complexity index is 304. The van der Waals surface area contributed by atoms with E-state index in [0.717, 1.165) is 31.5 Å². The van der Waals surface area contributed by atoms with Gasteiger partial charge in [-0.1, -0.05) is 30.7 Å². The van der Waals surface area contributed by atoms with Gasteiger partial charge in [-0.05, 0) is 25.8 Å². The van der Waals surface area contributed by atoms with Gasteiger partial charge in [0.25, 0.3) is 0 Å². The molecule has 1 fully saturated rings. The molecule has 1 heterocycles. The molecule has 0 aromatic rings. The van der Waals surface area contributed by atoms with Crippen molar-refractivity contribution in [3.63, 3.8) is 0 Å². The van der Waals surface area contributed by atoms with Crippen molar-refractivity contribution < 1.29 is 5.11 Å². The van der Waals surface area contributed by atoms with E-state index in [9.17, 15) is 5.11 Å². The van der Waals surface area contributed by atoms with Crippen LogP contribution in [0.5, 0.6) is 0 Å². The predicted octanol–water partition coefficient (Wildman–Crippen LogP) is 2.25. The molecule has 1 rings (SSSR count). The summed E-state index contributed by atoms with van der Waals surface area (Å²) in [5, 5.41) is 17.7. The van der Waals surface area contributed by atoms with E-state index in [0.29, 0.717) is 12.5 Å². The van der Waals surface area contributed by atoms with Crippen LogP contribution < -0.4 is 0 Å². The summed E-state index contributed by atoms with van der Waals surface area (Å²) in [6.45, 7) is 6.10. The highest BCUT2D eigenvalue weighted by Crippen LogP contribution is 2.16. The zero-order valence-corrected chi connectivity index (χ0v) is 10.4. The number of nitrogens with zero attached hydrogens (tertiary/aromatic N) is 2. The molecular weight excluding hydrogens is 212 g/mol. The summed E-state index contributed by atoms with van der Waals surface area (Å²) in [5.41, 5.74) is 1.00. The van der Waals surface area contributed by atoms with Crippen molar-refractivity contribution in [2.24, 2.45) is 0 Å². The van der Waals surface area contributed by atoms with E-state index >= 15 is 0 Å². The maximum absolute atomic E-state index is 9.27. The summed E-state index contributed by atoms with van der Waals surface area (Å²) >= 11 is 0. The van der Waals surface area contributed by atoms with E-state index in [1.54, 1.807) is 0 Å². The summed E-state index contributed by atoms with van der Waals surface area (Å²) < 4.78 is 0. The van der Waals surface area contributed by atoms with Crippen LogP contribution in [-0.2, 0) is 0 Å². The van der Waals surface area contributed by atoms with Crippen LogP contribution in [-0.4, -0.2) is 35.7 Å². The molecule has 0 amide bonds. The van der Waals surface area contributed by atoms with Gasteiger partial charge in [0.1, 0.15) is 0 Å². The number of piperidine rings is 1. The lowest BCUT2D eigenvalue weighted by molar-refractivity contribution is 0.101. The van der Waals surface area contributed by atoms with Crippen molar-refractivity contribution in [3.05, 3.63) is 24.3 Å². The third-order valence-corrected chi connectivity index (χ3v) is 3.21. The van der Waals surface area contributed by atoms with E-state index < -0.39 is 0 Å². The van der Waals surface area contributed by atoms with Crippen LogP contribution in [0, 0.1) is 11.3 Å². The van der Waals surface area contributed by atoms with E-state index in [1.807, 2.05) is 6.08 Å². The number of hydrogen-bond acceptors (Lipinski definition) is 3. The summed E-state index contributed by atoms with van der Waals surface area (Å²) in [5.74, 6) is 0. The van der Waals surface area contributed by atoms with Crippen molar-refractivity contribution in [3.8, 4) is 6.07 Å². The highest BCUT2D eigenvalue weighted by molar-refractivity contribution is 5.15. The molecule has 3 nitrogen and oxygen atoms in total. The number of allylic oxidation sites excluding steroid dienone is 2. The first kappa shape index (κ1) is 14.0. The molecule has 3 heteroatoms. The van der Waals surface area contributed by atoms with Gasteiger partial charge in [-0.3, -0.25) is 4.90 Å². The van der Waals surface area contributed by atoms with Gasteiger partial charge in [-0.2, -0.15) is 5.26 Å². The molecule has 1 aliphatic heterocycles. The lowest BCUT2D eigenvalue weighted by atomic mass is 10.0. The second-order valence-corrected chi connectivity index (χ2v) is 4.55. The second kappa shape index (κ2) is 8.05. The Kier molecular flexibility index (Phi) is 6.61. The van der Waals surface area contributed by atoms with Gasteiger partial charge in [0.2, 0.25) is 0 Å². The highest BCUT2D eigenvalue weighted by Gasteiger charge is 2.19. The fourth-order valence-corrected chi connectivity index (χ4v) is 2.16. The van der Waals surface area contributed by atoms with Gasteiger partial charge in [-0.15, -0.1) is 0 Å². The summed E-state index contributed by atoms with van der Waals surface area (Å²) in [7, 11) is 0. The third kappa shape index (κ3) is 5.16. The largest absolute Gasteiger partial charge is 0.395 e. The summed E-state index contributed by atoms with van der Waals surface area (Å²) in [4.78, 5) is 2.32. The van der Waals surface area contributed by atoms with Crippen LogP contribution in [0.25, 0.3) is 0 Å². The summed E-state index contributed by atoms with van der Waals surface area (Å²) in [6.07, 6.45) is 8.91. The Morgan fingerprint density at radius 1 is 1.53 bits per heavy atom. The summed E-state index contributed by atoms with van der Waals surface area (Å²) in [6, 6.07) is 2.44. The first-order valence-electron chi connectivity index (χ1n) is 6.34. The number of likely N-dealkylation sites (tertiary alicyclic amines) is 1. The van der Waals surface area contributed by atoms with Crippen molar-refractivity contribution in [1.29, 1.82) is 5.26 Å². The second-order valence-electron chi connectivity index (χ2n) is 4.55. The fraction of sp³-hybridized carbons (Fsp3) is 0.643. The van der Waals surface area contributed by atoms with E-state index in [1.165, 1.54) is 12.8 Å². The van der Waals surface area contributed by atoms with Gasteiger partial charge >= 0.3 is 0 Å². The van der Waals surface area contributed by atoms with Crippen LogP contribution in [0.2, 0.25) is 0 Å². The molecule has 0 saturated carbocycles. The Morgan fingerprint density at radius 3 is 3.06 bits per heavy atom. The van der Waals surface area contributed by atoms with Crippen LogP contribution in [0.1, 0.15) is 32.1 Å². The molecule has 0 aromatic heterocycles. The van der Waals surface area contributed by atoms with Gasteiger partial charge in [0.15, 0.2) is 0 Å². The SMILES string of the molecule is C=C(/C=C\CN1CCCC[C@H]1CO)CCC#N.